The Bertz CT molecular complexity index is 365. The minimum absolute atomic E-state index is 0.201. The van der Waals surface area contributed by atoms with E-state index in [-0.39, 0.29) is 5.91 Å². The average Bonchev–Trinajstić information content (AvgIpc) is 3.13. The van der Waals surface area contributed by atoms with E-state index in [4.69, 9.17) is 0 Å². The van der Waals surface area contributed by atoms with Crippen molar-refractivity contribution in [3.8, 4) is 0 Å². The molecule has 0 aliphatic heterocycles. The van der Waals surface area contributed by atoms with Gasteiger partial charge in [0, 0.05) is 26.0 Å². The fraction of sp³-hybridized carbons (Fsp3) is 0.545. The number of aromatic nitrogens is 2. The number of amides is 1. The third kappa shape index (κ3) is 2.55. The van der Waals surface area contributed by atoms with Crippen LogP contribution >= 0.6 is 0 Å². The number of rotatable bonds is 4. The number of nitrogens with zero attached hydrogens (tertiary/aromatic N) is 3. The first-order chi connectivity index (χ1) is 7.68. The Morgan fingerprint density at radius 3 is 2.94 bits per heavy atom. The van der Waals surface area contributed by atoms with Crippen LogP contribution in [0.1, 0.15) is 23.3 Å². The van der Waals surface area contributed by atoms with E-state index in [2.05, 4.69) is 9.97 Å². The number of hydrogen-bond donors (Lipinski definition) is 1. The number of carbonyl (C=O) groups excluding carboxylic acids is 1. The molecule has 0 bridgehead atoms. The van der Waals surface area contributed by atoms with Crippen molar-refractivity contribution in [1.82, 2.24) is 14.9 Å². The zero-order valence-corrected chi connectivity index (χ0v) is 9.21. The van der Waals surface area contributed by atoms with Crippen LogP contribution in [0.25, 0.3) is 0 Å². The van der Waals surface area contributed by atoms with E-state index in [1.165, 1.54) is 23.5 Å². The molecule has 2 rings (SSSR count). The molecule has 1 aliphatic rings. The molecule has 0 spiro atoms. The summed E-state index contributed by atoms with van der Waals surface area (Å²) in [5, 5.41) is 9.73. The molecular weight excluding hydrogens is 206 g/mol. The molecule has 16 heavy (non-hydrogen) atoms. The summed E-state index contributed by atoms with van der Waals surface area (Å²) >= 11 is 0. The van der Waals surface area contributed by atoms with Crippen LogP contribution in [0, 0.1) is 5.92 Å². The molecule has 1 aromatic heterocycles. The van der Waals surface area contributed by atoms with Crippen molar-refractivity contribution in [2.75, 3.05) is 13.6 Å². The lowest BCUT2D eigenvalue weighted by Gasteiger charge is -2.20. The minimum atomic E-state index is -0.411. The molecule has 1 saturated carbocycles. The van der Waals surface area contributed by atoms with Crippen LogP contribution in [0.5, 0.6) is 0 Å². The molecule has 1 unspecified atom stereocenters. The highest BCUT2D eigenvalue weighted by molar-refractivity contribution is 5.91. The van der Waals surface area contributed by atoms with E-state index in [9.17, 15) is 9.90 Å². The minimum Gasteiger partial charge on any atom is -0.391 e. The van der Waals surface area contributed by atoms with Crippen molar-refractivity contribution in [2.45, 2.75) is 18.9 Å². The Balaban J connectivity index is 1.93. The first-order valence-corrected chi connectivity index (χ1v) is 5.38. The quantitative estimate of drug-likeness (QED) is 0.795. The number of likely N-dealkylation sites (N-methyl/N-ethyl adjacent to an activating group) is 1. The molecule has 0 saturated heterocycles. The Kier molecular flexibility index (Phi) is 3.14. The van der Waals surface area contributed by atoms with E-state index in [0.717, 1.165) is 12.8 Å². The molecule has 0 aromatic carbocycles. The maximum absolute atomic E-state index is 11.8. The van der Waals surface area contributed by atoms with Crippen LogP contribution in [0.4, 0.5) is 0 Å². The van der Waals surface area contributed by atoms with Gasteiger partial charge < -0.3 is 10.0 Å². The summed E-state index contributed by atoms with van der Waals surface area (Å²) in [7, 11) is 1.67. The Hall–Kier alpha value is -1.49. The summed E-state index contributed by atoms with van der Waals surface area (Å²) < 4.78 is 0. The highest BCUT2D eigenvalue weighted by atomic mass is 16.3. The van der Waals surface area contributed by atoms with Crippen LogP contribution in [-0.4, -0.2) is 45.6 Å². The second-order valence-corrected chi connectivity index (χ2v) is 4.18. The molecule has 1 amide bonds. The van der Waals surface area contributed by atoms with Crippen LogP contribution in [0.2, 0.25) is 0 Å². The highest BCUT2D eigenvalue weighted by Gasteiger charge is 2.31. The van der Waals surface area contributed by atoms with Crippen LogP contribution in [0.15, 0.2) is 18.6 Å². The maximum Gasteiger partial charge on any atom is 0.273 e. The molecule has 1 aromatic rings. The molecular formula is C11H15N3O2. The maximum atomic E-state index is 11.8. The number of carbonyl (C=O) groups is 1. The second kappa shape index (κ2) is 4.57. The van der Waals surface area contributed by atoms with Crippen molar-refractivity contribution < 1.29 is 9.90 Å². The zero-order valence-electron chi connectivity index (χ0n) is 9.21. The summed E-state index contributed by atoms with van der Waals surface area (Å²) in [5.41, 5.74) is 0.313. The van der Waals surface area contributed by atoms with Crippen LogP contribution in [0.3, 0.4) is 0 Å². The van der Waals surface area contributed by atoms with Crippen molar-refractivity contribution >= 4 is 5.91 Å². The van der Waals surface area contributed by atoms with Gasteiger partial charge in [-0.15, -0.1) is 0 Å². The average molecular weight is 221 g/mol. The molecule has 1 N–H and O–H groups in total. The van der Waals surface area contributed by atoms with Crippen LogP contribution in [-0.2, 0) is 0 Å². The number of aliphatic hydroxyl groups is 1. The highest BCUT2D eigenvalue weighted by Crippen LogP contribution is 2.32. The third-order valence-electron chi connectivity index (χ3n) is 2.76. The normalized spacial score (nSPS) is 16.9. The van der Waals surface area contributed by atoms with Gasteiger partial charge >= 0.3 is 0 Å². The van der Waals surface area contributed by atoms with Crippen molar-refractivity contribution in [2.24, 2.45) is 5.92 Å². The van der Waals surface area contributed by atoms with E-state index < -0.39 is 6.10 Å². The Labute approximate surface area is 94.1 Å². The fourth-order valence-electron chi connectivity index (χ4n) is 1.60. The van der Waals surface area contributed by atoms with Gasteiger partial charge in [0.2, 0.25) is 0 Å². The number of hydrogen-bond acceptors (Lipinski definition) is 4. The molecule has 1 heterocycles. The summed E-state index contributed by atoms with van der Waals surface area (Å²) in [6.45, 7) is 0.361. The monoisotopic (exact) mass is 221 g/mol. The molecule has 0 radical (unpaired) electrons. The lowest BCUT2D eigenvalue weighted by Crippen LogP contribution is -2.35. The van der Waals surface area contributed by atoms with E-state index in [0.29, 0.717) is 18.2 Å². The lowest BCUT2D eigenvalue weighted by molar-refractivity contribution is 0.0640. The van der Waals surface area contributed by atoms with Gasteiger partial charge in [0.1, 0.15) is 5.69 Å². The lowest BCUT2D eigenvalue weighted by atomic mass is 10.2. The fourth-order valence-corrected chi connectivity index (χ4v) is 1.60. The standard InChI is InChI=1S/C11H15N3O2/c1-14(7-10(15)8-2-3-8)11(16)9-6-12-4-5-13-9/h4-6,8,10,15H,2-3,7H2,1H3. The van der Waals surface area contributed by atoms with E-state index in [1.807, 2.05) is 0 Å². The smallest absolute Gasteiger partial charge is 0.273 e. The summed E-state index contributed by atoms with van der Waals surface area (Å²) in [4.78, 5) is 21.1. The van der Waals surface area contributed by atoms with Crippen molar-refractivity contribution in [3.05, 3.63) is 24.3 Å². The Morgan fingerprint density at radius 2 is 2.38 bits per heavy atom. The molecule has 1 fully saturated rings. The van der Waals surface area contributed by atoms with Gasteiger partial charge in [0.15, 0.2) is 0 Å². The largest absolute Gasteiger partial charge is 0.391 e. The van der Waals surface area contributed by atoms with Gasteiger partial charge in [-0.25, -0.2) is 4.98 Å². The Morgan fingerprint density at radius 1 is 1.62 bits per heavy atom. The molecule has 1 atom stereocenters. The summed E-state index contributed by atoms with van der Waals surface area (Å²) in [6, 6.07) is 0. The van der Waals surface area contributed by atoms with Gasteiger partial charge in [-0.3, -0.25) is 9.78 Å². The predicted octanol–water partition coefficient (Wildman–Crippen LogP) is 0.319. The van der Waals surface area contributed by atoms with E-state index >= 15 is 0 Å². The SMILES string of the molecule is CN(CC(O)C1CC1)C(=O)c1cnccn1. The van der Waals surface area contributed by atoms with Gasteiger partial charge in [-0.05, 0) is 18.8 Å². The summed E-state index contributed by atoms with van der Waals surface area (Å²) in [5.74, 6) is 0.171. The molecule has 86 valence electrons. The van der Waals surface area contributed by atoms with Crippen LogP contribution < -0.4 is 0 Å². The second-order valence-electron chi connectivity index (χ2n) is 4.18. The van der Waals surface area contributed by atoms with Gasteiger partial charge in [-0.1, -0.05) is 0 Å². The zero-order chi connectivity index (χ0) is 11.5. The number of aliphatic hydroxyl groups excluding tert-OH is 1. The van der Waals surface area contributed by atoms with Gasteiger partial charge in [0.05, 0.1) is 12.3 Å². The van der Waals surface area contributed by atoms with Gasteiger partial charge in [-0.2, -0.15) is 0 Å². The molecule has 5 nitrogen and oxygen atoms in total. The first-order valence-electron chi connectivity index (χ1n) is 5.38. The summed E-state index contributed by atoms with van der Waals surface area (Å²) in [6.07, 6.45) is 6.16. The van der Waals surface area contributed by atoms with Crippen molar-refractivity contribution in [1.29, 1.82) is 0 Å². The van der Waals surface area contributed by atoms with Crippen molar-refractivity contribution in [3.63, 3.8) is 0 Å². The molecule has 5 heteroatoms. The first kappa shape index (κ1) is 11.0. The van der Waals surface area contributed by atoms with E-state index in [1.54, 1.807) is 7.05 Å². The third-order valence-corrected chi connectivity index (χ3v) is 2.76. The van der Waals surface area contributed by atoms with Gasteiger partial charge in [0.25, 0.3) is 5.91 Å². The topological polar surface area (TPSA) is 66.3 Å². The molecule has 1 aliphatic carbocycles. The predicted molar refractivity (Wildman–Crippen MR) is 57.7 cm³/mol.